The molecular weight excluding hydrogens is 338 g/mol. The van der Waals surface area contributed by atoms with E-state index >= 15 is 0 Å². The van der Waals surface area contributed by atoms with Crippen molar-refractivity contribution in [1.29, 1.82) is 0 Å². The first-order chi connectivity index (χ1) is 11.9. The van der Waals surface area contributed by atoms with Gasteiger partial charge in [-0.1, -0.05) is 70.8 Å². The van der Waals surface area contributed by atoms with Crippen molar-refractivity contribution in [2.24, 2.45) is 0 Å². The van der Waals surface area contributed by atoms with Gasteiger partial charge in [-0.3, -0.25) is 0 Å². The Labute approximate surface area is 152 Å². The molecule has 0 fully saturated rings. The second-order valence-electron chi connectivity index (χ2n) is 6.35. The van der Waals surface area contributed by atoms with Crippen LogP contribution in [0.2, 0.25) is 0 Å². The van der Waals surface area contributed by atoms with Gasteiger partial charge < -0.3 is 4.74 Å². The fourth-order valence-corrected chi connectivity index (χ4v) is 3.17. The fourth-order valence-electron chi connectivity index (χ4n) is 2.63. The summed E-state index contributed by atoms with van der Waals surface area (Å²) < 4.78 is 27.5. The molecule has 141 valence electrons. The largest absolute Gasteiger partial charge is 0.462 e. The average molecular weight is 369 g/mol. The second-order valence-corrected chi connectivity index (χ2v) is 7.83. The summed E-state index contributed by atoms with van der Waals surface area (Å²) in [6.07, 6.45) is 12.1. The molecule has 0 saturated heterocycles. The zero-order valence-electron chi connectivity index (χ0n) is 15.1. The number of hydrogen-bond donors (Lipinski definition) is 0. The Morgan fingerprint density at radius 1 is 0.960 bits per heavy atom. The quantitative estimate of drug-likeness (QED) is 0.372. The lowest BCUT2D eigenvalue weighted by Crippen LogP contribution is -2.08. The first kappa shape index (κ1) is 21.6. The Morgan fingerprint density at radius 2 is 1.52 bits per heavy atom. The molecule has 0 heterocycles. The molecule has 0 aliphatic carbocycles. The number of nitrogens with one attached hydrogen (secondary N) is 1. The molecule has 1 radical (unpaired) electrons. The first-order valence-corrected chi connectivity index (χ1v) is 10.7. The van der Waals surface area contributed by atoms with Gasteiger partial charge >= 0.3 is 5.97 Å². The van der Waals surface area contributed by atoms with Crippen molar-refractivity contribution in [1.82, 2.24) is 5.14 Å². The van der Waals surface area contributed by atoms with Crippen LogP contribution in [0.1, 0.15) is 81.5 Å². The molecule has 25 heavy (non-hydrogen) atoms. The predicted octanol–water partition coefficient (Wildman–Crippen LogP) is 4.74. The molecule has 0 aliphatic rings. The van der Waals surface area contributed by atoms with E-state index in [0.717, 1.165) is 19.3 Å². The van der Waals surface area contributed by atoms with Gasteiger partial charge in [0.2, 0.25) is 0 Å². The third kappa shape index (κ3) is 9.60. The molecule has 0 atom stereocenters. The number of benzene rings is 1. The summed E-state index contributed by atoms with van der Waals surface area (Å²) in [7, 11) is -4.06. The van der Waals surface area contributed by atoms with E-state index in [9.17, 15) is 13.2 Å². The van der Waals surface area contributed by atoms with Crippen LogP contribution in [0.5, 0.6) is 0 Å². The van der Waals surface area contributed by atoms with Crippen molar-refractivity contribution in [3.05, 3.63) is 29.8 Å². The summed E-state index contributed by atoms with van der Waals surface area (Å²) in [6, 6.07) is 5.42. The number of carbonyl (C=O) groups is 1. The van der Waals surface area contributed by atoms with Crippen LogP contribution in [-0.2, 0) is 14.8 Å². The molecule has 0 amide bonds. The predicted molar refractivity (Wildman–Crippen MR) is 98.9 cm³/mol. The third-order valence-electron chi connectivity index (χ3n) is 4.11. The maximum atomic E-state index is 11.9. The normalized spacial score (nSPS) is 11.4. The molecule has 0 bridgehead atoms. The summed E-state index contributed by atoms with van der Waals surface area (Å²) >= 11 is 0. The van der Waals surface area contributed by atoms with Gasteiger partial charge in [-0.05, 0) is 24.6 Å². The zero-order valence-corrected chi connectivity index (χ0v) is 15.9. The van der Waals surface area contributed by atoms with Crippen molar-refractivity contribution in [2.75, 3.05) is 6.61 Å². The van der Waals surface area contributed by atoms with Crippen LogP contribution in [0.3, 0.4) is 0 Å². The number of ether oxygens (including phenoxy) is 1. The van der Waals surface area contributed by atoms with Gasteiger partial charge in [0, 0.05) is 0 Å². The molecule has 1 aromatic carbocycles. The maximum Gasteiger partial charge on any atom is 0.338 e. The smallest absolute Gasteiger partial charge is 0.338 e. The molecule has 0 saturated carbocycles. The van der Waals surface area contributed by atoms with E-state index in [1.54, 1.807) is 0 Å². The van der Waals surface area contributed by atoms with Gasteiger partial charge in [0.25, 0.3) is 10.0 Å². The highest BCUT2D eigenvalue weighted by Crippen LogP contribution is 2.13. The number of unbranched alkanes of at least 4 members (excludes halogenated alkanes) is 9. The Morgan fingerprint density at radius 3 is 2.08 bits per heavy atom. The summed E-state index contributed by atoms with van der Waals surface area (Å²) in [4.78, 5) is 11.7. The van der Waals surface area contributed by atoms with E-state index in [-0.39, 0.29) is 10.5 Å². The van der Waals surface area contributed by atoms with Crippen molar-refractivity contribution in [2.45, 2.75) is 76.0 Å². The second kappa shape index (κ2) is 12.0. The summed E-state index contributed by atoms with van der Waals surface area (Å²) in [5.41, 5.74) is 0.167. The minimum absolute atomic E-state index is 0.167. The van der Waals surface area contributed by atoms with E-state index in [1.165, 1.54) is 69.2 Å². The zero-order chi connectivity index (χ0) is 18.5. The van der Waals surface area contributed by atoms with E-state index < -0.39 is 16.0 Å². The summed E-state index contributed by atoms with van der Waals surface area (Å²) in [5.74, 6) is -0.540. The summed E-state index contributed by atoms with van der Waals surface area (Å²) in [6.45, 7) is 2.56. The van der Waals surface area contributed by atoms with E-state index in [2.05, 4.69) is 6.92 Å². The lowest BCUT2D eigenvalue weighted by molar-refractivity contribution is 0.0497. The van der Waals surface area contributed by atoms with Gasteiger partial charge in [0.1, 0.15) is 0 Å². The Bertz CT molecular complexity index is 614. The SMILES string of the molecule is CCCCCCCCCCCCOC(=O)c1cccc(S([NH])(=O)=O)c1. The number of rotatable bonds is 13. The monoisotopic (exact) mass is 368 g/mol. The highest BCUT2D eigenvalue weighted by Gasteiger charge is 2.13. The van der Waals surface area contributed by atoms with Crippen LogP contribution >= 0.6 is 0 Å². The van der Waals surface area contributed by atoms with Gasteiger partial charge in [-0.15, -0.1) is 5.14 Å². The average Bonchev–Trinajstić information content (AvgIpc) is 2.59. The molecule has 1 aromatic rings. The van der Waals surface area contributed by atoms with E-state index in [1.807, 2.05) is 0 Å². The first-order valence-electron chi connectivity index (χ1n) is 9.22. The van der Waals surface area contributed by atoms with Crippen LogP contribution in [0, 0.1) is 0 Å². The number of carbonyl (C=O) groups excluding carboxylic acids is 1. The molecule has 0 aromatic heterocycles. The molecule has 0 spiro atoms. The van der Waals surface area contributed by atoms with Gasteiger partial charge in [0.15, 0.2) is 0 Å². The molecule has 1 rings (SSSR count). The number of esters is 1. The van der Waals surface area contributed by atoms with Crippen molar-refractivity contribution in [3.8, 4) is 0 Å². The Balaban J connectivity index is 2.13. The van der Waals surface area contributed by atoms with Gasteiger partial charge in [-0.25, -0.2) is 13.2 Å². The van der Waals surface area contributed by atoms with Crippen LogP contribution in [-0.4, -0.2) is 21.0 Å². The topological polar surface area (TPSA) is 84.2 Å². The van der Waals surface area contributed by atoms with Crippen molar-refractivity contribution in [3.63, 3.8) is 0 Å². The summed E-state index contributed by atoms with van der Waals surface area (Å²) in [5, 5.41) is 7.03. The molecule has 0 aliphatic heterocycles. The molecule has 1 N–H and O–H groups in total. The van der Waals surface area contributed by atoms with E-state index in [0.29, 0.717) is 6.61 Å². The number of sulfonamides is 1. The van der Waals surface area contributed by atoms with E-state index in [4.69, 9.17) is 9.88 Å². The van der Waals surface area contributed by atoms with Crippen LogP contribution in [0.25, 0.3) is 0 Å². The molecule has 5 nitrogen and oxygen atoms in total. The molecule has 6 heteroatoms. The Hall–Kier alpha value is -1.40. The Kier molecular flexibility index (Phi) is 10.4. The third-order valence-corrected chi connectivity index (χ3v) is 4.99. The fraction of sp³-hybridized carbons (Fsp3) is 0.632. The van der Waals surface area contributed by atoms with Crippen LogP contribution < -0.4 is 5.14 Å². The lowest BCUT2D eigenvalue weighted by Gasteiger charge is -2.06. The maximum absolute atomic E-state index is 11.9. The molecular formula is C19H30NO4S. The standard InChI is InChI=1S/C19H30NO4S/c1-2-3-4-5-6-7-8-9-10-11-15-24-19(21)17-13-12-14-18(16-17)25(20,22)23/h12-14,16,20H,2-11,15H2,1H3. The van der Waals surface area contributed by atoms with Crippen molar-refractivity contribution >= 4 is 16.0 Å². The van der Waals surface area contributed by atoms with Gasteiger partial charge in [0.05, 0.1) is 17.1 Å². The lowest BCUT2D eigenvalue weighted by atomic mass is 10.1. The molecule has 0 unspecified atom stereocenters. The highest BCUT2D eigenvalue weighted by molar-refractivity contribution is 7.88. The van der Waals surface area contributed by atoms with Crippen LogP contribution in [0.15, 0.2) is 29.2 Å². The minimum Gasteiger partial charge on any atom is -0.462 e. The highest BCUT2D eigenvalue weighted by atomic mass is 32.2. The number of hydrogen-bond acceptors (Lipinski definition) is 4. The van der Waals surface area contributed by atoms with Gasteiger partial charge in [-0.2, -0.15) is 0 Å². The van der Waals surface area contributed by atoms with Crippen LogP contribution in [0.4, 0.5) is 0 Å². The minimum atomic E-state index is -4.06. The van der Waals surface area contributed by atoms with Crippen molar-refractivity contribution < 1.29 is 17.9 Å².